The van der Waals surface area contributed by atoms with E-state index in [0.717, 1.165) is 19.5 Å². The Morgan fingerprint density at radius 2 is 2.30 bits per heavy atom. The molecule has 0 aromatic carbocycles. The number of piperidine rings is 1. The van der Waals surface area contributed by atoms with Crippen molar-refractivity contribution < 1.29 is 5.11 Å². The third-order valence-electron chi connectivity index (χ3n) is 2.52. The summed E-state index contributed by atoms with van der Waals surface area (Å²) in [5.41, 5.74) is 0. The number of nitrogens with zero attached hydrogens (tertiary/aromatic N) is 1. The Balaban J connectivity index is 2.36. The fourth-order valence-corrected chi connectivity index (χ4v) is 1.67. The molecule has 10 heavy (non-hydrogen) atoms. The van der Waals surface area contributed by atoms with Gasteiger partial charge in [-0.3, -0.25) is 0 Å². The van der Waals surface area contributed by atoms with Crippen molar-refractivity contribution in [2.24, 2.45) is 11.8 Å². The minimum absolute atomic E-state index is 0.370. The van der Waals surface area contributed by atoms with Gasteiger partial charge in [0.2, 0.25) is 0 Å². The van der Waals surface area contributed by atoms with E-state index < -0.39 is 0 Å². The summed E-state index contributed by atoms with van der Waals surface area (Å²) in [4.78, 5) is 2.33. The van der Waals surface area contributed by atoms with Crippen molar-refractivity contribution in [1.29, 1.82) is 0 Å². The maximum atomic E-state index is 8.93. The van der Waals surface area contributed by atoms with Gasteiger partial charge in [0, 0.05) is 13.2 Å². The Labute approximate surface area is 62.8 Å². The summed E-state index contributed by atoms with van der Waals surface area (Å²) in [7, 11) is 2.14. The number of aliphatic hydroxyl groups is 1. The predicted octanol–water partition coefficient (Wildman–Crippen LogP) is 0.567. The number of hydrogen-bond donors (Lipinski definition) is 1. The molecule has 0 saturated carbocycles. The fraction of sp³-hybridized carbons (Fsp3) is 1.00. The quantitative estimate of drug-likeness (QED) is 0.580. The minimum atomic E-state index is 0.370. The molecule has 0 aliphatic carbocycles. The first-order valence-corrected chi connectivity index (χ1v) is 4.03. The second kappa shape index (κ2) is 3.35. The Hall–Kier alpha value is -0.0800. The van der Waals surface area contributed by atoms with Gasteiger partial charge in [-0.25, -0.2) is 0 Å². The molecule has 60 valence electrons. The summed E-state index contributed by atoms with van der Waals surface area (Å²) in [6.45, 7) is 4.88. The standard InChI is InChI=1S/C8H17NO/c1-7-5-9(2)4-3-8(7)6-10/h7-8,10H,3-6H2,1-2H3/t7-,8+/m0/s1. The van der Waals surface area contributed by atoms with Gasteiger partial charge in [0.15, 0.2) is 0 Å². The van der Waals surface area contributed by atoms with E-state index in [4.69, 9.17) is 5.11 Å². The predicted molar refractivity (Wildman–Crippen MR) is 41.9 cm³/mol. The van der Waals surface area contributed by atoms with Gasteiger partial charge in [-0.15, -0.1) is 0 Å². The van der Waals surface area contributed by atoms with Crippen LogP contribution in [0.2, 0.25) is 0 Å². The first-order valence-electron chi connectivity index (χ1n) is 4.03. The van der Waals surface area contributed by atoms with Gasteiger partial charge in [-0.05, 0) is 31.8 Å². The molecule has 1 saturated heterocycles. The van der Waals surface area contributed by atoms with Crippen molar-refractivity contribution in [3.8, 4) is 0 Å². The lowest BCUT2D eigenvalue weighted by atomic mass is 9.88. The van der Waals surface area contributed by atoms with Gasteiger partial charge >= 0.3 is 0 Å². The molecule has 1 aliphatic rings. The Bertz CT molecular complexity index is 105. The average Bonchev–Trinajstić information content (AvgIpc) is 1.88. The van der Waals surface area contributed by atoms with E-state index >= 15 is 0 Å². The maximum Gasteiger partial charge on any atom is 0.0462 e. The summed E-state index contributed by atoms with van der Waals surface area (Å²) < 4.78 is 0. The molecule has 0 aromatic heterocycles. The van der Waals surface area contributed by atoms with Crippen molar-refractivity contribution in [3.05, 3.63) is 0 Å². The minimum Gasteiger partial charge on any atom is -0.396 e. The van der Waals surface area contributed by atoms with Crippen LogP contribution in [0.5, 0.6) is 0 Å². The van der Waals surface area contributed by atoms with Gasteiger partial charge in [0.05, 0.1) is 0 Å². The molecular formula is C8H17NO. The first kappa shape index (κ1) is 8.02. The van der Waals surface area contributed by atoms with Crippen molar-refractivity contribution in [2.75, 3.05) is 26.7 Å². The lowest BCUT2D eigenvalue weighted by Gasteiger charge is -2.33. The monoisotopic (exact) mass is 143 g/mol. The number of likely N-dealkylation sites (tertiary alicyclic amines) is 1. The van der Waals surface area contributed by atoms with Gasteiger partial charge < -0.3 is 10.0 Å². The molecule has 0 spiro atoms. The summed E-state index contributed by atoms with van der Waals surface area (Å²) in [5.74, 6) is 1.22. The van der Waals surface area contributed by atoms with Crippen LogP contribution in [-0.4, -0.2) is 36.8 Å². The first-order chi connectivity index (χ1) is 4.74. The lowest BCUT2D eigenvalue weighted by Crippen LogP contribution is -2.37. The zero-order valence-corrected chi connectivity index (χ0v) is 6.88. The van der Waals surface area contributed by atoms with E-state index in [9.17, 15) is 0 Å². The average molecular weight is 143 g/mol. The number of hydrogen-bond acceptors (Lipinski definition) is 2. The van der Waals surface area contributed by atoms with Crippen LogP contribution in [0.25, 0.3) is 0 Å². The number of aliphatic hydroxyl groups excluding tert-OH is 1. The summed E-state index contributed by atoms with van der Waals surface area (Å²) in [6.07, 6.45) is 1.16. The van der Waals surface area contributed by atoms with Crippen LogP contribution in [0.3, 0.4) is 0 Å². The molecule has 2 heteroatoms. The number of rotatable bonds is 1. The highest BCUT2D eigenvalue weighted by Gasteiger charge is 2.22. The molecule has 1 fully saturated rings. The van der Waals surface area contributed by atoms with Gasteiger partial charge in [-0.1, -0.05) is 6.92 Å². The van der Waals surface area contributed by atoms with Crippen LogP contribution in [0.1, 0.15) is 13.3 Å². The highest BCUT2D eigenvalue weighted by atomic mass is 16.3. The topological polar surface area (TPSA) is 23.5 Å². The second-order valence-corrected chi connectivity index (χ2v) is 3.47. The molecule has 1 rings (SSSR count). The summed E-state index contributed by atoms with van der Waals surface area (Å²) >= 11 is 0. The van der Waals surface area contributed by atoms with E-state index in [1.165, 1.54) is 0 Å². The molecule has 2 atom stereocenters. The third-order valence-corrected chi connectivity index (χ3v) is 2.52. The van der Waals surface area contributed by atoms with Crippen LogP contribution >= 0.6 is 0 Å². The van der Waals surface area contributed by atoms with Crippen molar-refractivity contribution >= 4 is 0 Å². The summed E-state index contributed by atoms with van der Waals surface area (Å²) in [5, 5.41) is 8.93. The molecule has 1 heterocycles. The van der Waals surface area contributed by atoms with E-state index in [1.807, 2.05) is 0 Å². The molecule has 1 aliphatic heterocycles. The Morgan fingerprint density at radius 1 is 1.60 bits per heavy atom. The lowest BCUT2D eigenvalue weighted by molar-refractivity contribution is 0.0990. The van der Waals surface area contributed by atoms with Crippen LogP contribution in [0, 0.1) is 11.8 Å². The molecule has 0 unspecified atom stereocenters. The highest BCUT2D eigenvalue weighted by Crippen LogP contribution is 2.21. The van der Waals surface area contributed by atoms with E-state index in [0.29, 0.717) is 18.4 Å². The molecule has 2 nitrogen and oxygen atoms in total. The van der Waals surface area contributed by atoms with Crippen LogP contribution in [0.4, 0.5) is 0 Å². The molecule has 1 N–H and O–H groups in total. The summed E-state index contributed by atoms with van der Waals surface area (Å²) in [6, 6.07) is 0. The molecule has 0 amide bonds. The van der Waals surface area contributed by atoms with E-state index in [-0.39, 0.29) is 0 Å². The molecule has 0 aromatic rings. The largest absolute Gasteiger partial charge is 0.396 e. The SMILES string of the molecule is C[C@H]1CN(C)CC[C@@H]1CO. The zero-order chi connectivity index (χ0) is 7.56. The Morgan fingerprint density at radius 3 is 2.80 bits per heavy atom. The van der Waals surface area contributed by atoms with Gasteiger partial charge in [0.1, 0.15) is 0 Å². The zero-order valence-electron chi connectivity index (χ0n) is 6.88. The van der Waals surface area contributed by atoms with Gasteiger partial charge in [-0.2, -0.15) is 0 Å². The van der Waals surface area contributed by atoms with Crippen LogP contribution in [0.15, 0.2) is 0 Å². The molecule has 0 bridgehead atoms. The Kier molecular flexibility index (Phi) is 2.69. The molecular weight excluding hydrogens is 126 g/mol. The third kappa shape index (κ3) is 1.70. The van der Waals surface area contributed by atoms with Crippen LogP contribution in [-0.2, 0) is 0 Å². The highest BCUT2D eigenvalue weighted by molar-refractivity contribution is 4.74. The second-order valence-electron chi connectivity index (χ2n) is 3.47. The van der Waals surface area contributed by atoms with E-state index in [2.05, 4.69) is 18.9 Å². The smallest absolute Gasteiger partial charge is 0.0462 e. The maximum absolute atomic E-state index is 8.93. The van der Waals surface area contributed by atoms with E-state index in [1.54, 1.807) is 0 Å². The van der Waals surface area contributed by atoms with Gasteiger partial charge in [0.25, 0.3) is 0 Å². The van der Waals surface area contributed by atoms with Crippen LogP contribution < -0.4 is 0 Å². The van der Waals surface area contributed by atoms with Crippen molar-refractivity contribution in [3.63, 3.8) is 0 Å². The normalized spacial score (nSPS) is 36.3. The fourth-order valence-electron chi connectivity index (χ4n) is 1.67. The van der Waals surface area contributed by atoms with Crippen molar-refractivity contribution in [1.82, 2.24) is 4.90 Å². The van der Waals surface area contributed by atoms with Crippen molar-refractivity contribution in [2.45, 2.75) is 13.3 Å². The molecule has 0 radical (unpaired) electrons.